The van der Waals surface area contributed by atoms with Crippen molar-refractivity contribution in [1.29, 1.82) is 0 Å². The standard InChI is InChI=1S/C19H26/c1-13-2-4-14(5-3-13)6-7-19-17-9-15-8-16(11-17)12-18(19)10-15/h2-5,15-19H,6-12H2,1H3. The Labute approximate surface area is 117 Å². The molecule has 19 heavy (non-hydrogen) atoms. The molecule has 0 amide bonds. The van der Waals surface area contributed by atoms with E-state index in [2.05, 4.69) is 31.2 Å². The van der Waals surface area contributed by atoms with E-state index in [9.17, 15) is 0 Å². The van der Waals surface area contributed by atoms with Crippen molar-refractivity contribution in [3.05, 3.63) is 35.4 Å². The molecule has 102 valence electrons. The summed E-state index contributed by atoms with van der Waals surface area (Å²) in [6, 6.07) is 9.22. The van der Waals surface area contributed by atoms with E-state index in [0.717, 1.165) is 29.6 Å². The normalized spacial score (nSPS) is 39.7. The van der Waals surface area contributed by atoms with Crippen LogP contribution in [-0.4, -0.2) is 0 Å². The molecule has 1 aromatic carbocycles. The molecule has 0 unspecified atom stereocenters. The van der Waals surface area contributed by atoms with Gasteiger partial charge in [-0.1, -0.05) is 29.8 Å². The van der Waals surface area contributed by atoms with E-state index in [1.165, 1.54) is 18.4 Å². The Kier molecular flexibility index (Phi) is 2.94. The lowest BCUT2D eigenvalue weighted by atomic mass is 9.51. The van der Waals surface area contributed by atoms with Crippen molar-refractivity contribution in [3.8, 4) is 0 Å². The third kappa shape index (κ3) is 2.24. The fourth-order valence-corrected chi connectivity index (χ4v) is 5.60. The highest BCUT2D eigenvalue weighted by Crippen LogP contribution is 2.57. The Morgan fingerprint density at radius 3 is 2.00 bits per heavy atom. The van der Waals surface area contributed by atoms with Crippen LogP contribution < -0.4 is 0 Å². The van der Waals surface area contributed by atoms with Crippen molar-refractivity contribution in [1.82, 2.24) is 0 Å². The molecule has 4 aliphatic rings. The Bertz CT molecular complexity index is 414. The molecular formula is C19H26. The molecule has 0 aromatic heterocycles. The Morgan fingerprint density at radius 1 is 0.842 bits per heavy atom. The second-order valence-corrected chi connectivity index (χ2v) is 7.62. The first kappa shape index (κ1) is 12.0. The third-order valence-corrected chi connectivity index (χ3v) is 6.31. The van der Waals surface area contributed by atoms with Gasteiger partial charge in [0.05, 0.1) is 0 Å². The summed E-state index contributed by atoms with van der Waals surface area (Å²) in [6.45, 7) is 2.18. The van der Waals surface area contributed by atoms with Crippen LogP contribution in [0.15, 0.2) is 24.3 Å². The minimum absolute atomic E-state index is 1.06. The van der Waals surface area contributed by atoms with Crippen molar-refractivity contribution in [2.75, 3.05) is 0 Å². The van der Waals surface area contributed by atoms with Gasteiger partial charge in [0.2, 0.25) is 0 Å². The maximum atomic E-state index is 2.34. The fourth-order valence-electron chi connectivity index (χ4n) is 5.60. The van der Waals surface area contributed by atoms with E-state index >= 15 is 0 Å². The lowest BCUT2D eigenvalue weighted by Crippen LogP contribution is -2.45. The van der Waals surface area contributed by atoms with Crippen LogP contribution in [0.3, 0.4) is 0 Å². The van der Waals surface area contributed by atoms with Gasteiger partial charge in [-0.05, 0) is 87.0 Å². The van der Waals surface area contributed by atoms with Gasteiger partial charge in [0.15, 0.2) is 0 Å². The van der Waals surface area contributed by atoms with Crippen LogP contribution in [0.25, 0.3) is 0 Å². The molecule has 0 heteroatoms. The maximum Gasteiger partial charge on any atom is -0.0276 e. The van der Waals surface area contributed by atoms with Gasteiger partial charge in [-0.15, -0.1) is 0 Å². The summed E-state index contributed by atoms with van der Waals surface area (Å²) in [5.41, 5.74) is 2.94. The van der Waals surface area contributed by atoms with E-state index in [-0.39, 0.29) is 0 Å². The predicted molar refractivity (Wildman–Crippen MR) is 80.0 cm³/mol. The van der Waals surface area contributed by atoms with Crippen LogP contribution in [0.2, 0.25) is 0 Å². The van der Waals surface area contributed by atoms with Crippen molar-refractivity contribution in [2.24, 2.45) is 29.6 Å². The summed E-state index contributed by atoms with van der Waals surface area (Å²) in [5, 5.41) is 0. The third-order valence-electron chi connectivity index (χ3n) is 6.31. The number of benzene rings is 1. The van der Waals surface area contributed by atoms with Gasteiger partial charge in [0, 0.05) is 0 Å². The molecule has 0 aliphatic heterocycles. The van der Waals surface area contributed by atoms with E-state index in [1.807, 2.05) is 0 Å². The van der Waals surface area contributed by atoms with Gasteiger partial charge in [-0.3, -0.25) is 0 Å². The summed E-state index contributed by atoms with van der Waals surface area (Å²) in [5.74, 6) is 5.51. The van der Waals surface area contributed by atoms with E-state index in [0.29, 0.717) is 0 Å². The zero-order valence-corrected chi connectivity index (χ0v) is 12.1. The van der Waals surface area contributed by atoms with E-state index in [1.54, 1.807) is 37.7 Å². The molecule has 4 fully saturated rings. The average Bonchev–Trinajstić information content (AvgIpc) is 2.39. The average molecular weight is 254 g/mol. The number of hydrogen-bond acceptors (Lipinski definition) is 0. The second-order valence-electron chi connectivity index (χ2n) is 7.62. The topological polar surface area (TPSA) is 0 Å². The number of hydrogen-bond donors (Lipinski definition) is 0. The molecule has 4 saturated carbocycles. The van der Waals surface area contributed by atoms with E-state index < -0.39 is 0 Å². The first-order valence-corrected chi connectivity index (χ1v) is 8.33. The molecule has 0 saturated heterocycles. The molecule has 0 N–H and O–H groups in total. The maximum absolute atomic E-state index is 2.34. The lowest BCUT2D eigenvalue weighted by molar-refractivity contribution is -0.0394. The monoisotopic (exact) mass is 254 g/mol. The van der Waals surface area contributed by atoms with Crippen LogP contribution in [0.4, 0.5) is 0 Å². The largest absolute Gasteiger partial charge is 0.0591 e. The molecular weight excluding hydrogens is 228 g/mol. The van der Waals surface area contributed by atoms with Gasteiger partial charge in [0.1, 0.15) is 0 Å². The lowest BCUT2D eigenvalue weighted by Gasteiger charge is -2.54. The molecule has 0 heterocycles. The van der Waals surface area contributed by atoms with Crippen LogP contribution >= 0.6 is 0 Å². The Hall–Kier alpha value is -0.780. The first-order valence-electron chi connectivity index (χ1n) is 8.33. The molecule has 0 nitrogen and oxygen atoms in total. The predicted octanol–water partition coefficient (Wildman–Crippen LogP) is 5.00. The van der Waals surface area contributed by atoms with Crippen LogP contribution in [0.5, 0.6) is 0 Å². The van der Waals surface area contributed by atoms with Crippen LogP contribution in [0, 0.1) is 36.5 Å². The van der Waals surface area contributed by atoms with Crippen molar-refractivity contribution in [3.63, 3.8) is 0 Å². The summed E-state index contributed by atoms with van der Waals surface area (Å²) in [7, 11) is 0. The zero-order chi connectivity index (χ0) is 12.8. The van der Waals surface area contributed by atoms with E-state index in [4.69, 9.17) is 0 Å². The zero-order valence-electron chi connectivity index (χ0n) is 12.1. The van der Waals surface area contributed by atoms with Gasteiger partial charge in [-0.25, -0.2) is 0 Å². The summed E-state index contributed by atoms with van der Waals surface area (Å²) >= 11 is 0. The SMILES string of the molecule is Cc1ccc(CCC2C3CC4CC(C3)CC2C4)cc1. The highest BCUT2D eigenvalue weighted by Gasteiger charge is 2.47. The Morgan fingerprint density at radius 2 is 1.42 bits per heavy atom. The Balaban J connectivity index is 1.42. The van der Waals surface area contributed by atoms with Gasteiger partial charge in [-0.2, -0.15) is 0 Å². The highest BCUT2D eigenvalue weighted by atomic mass is 14.5. The summed E-state index contributed by atoms with van der Waals surface area (Å²) in [4.78, 5) is 0. The van der Waals surface area contributed by atoms with Gasteiger partial charge >= 0.3 is 0 Å². The molecule has 5 rings (SSSR count). The van der Waals surface area contributed by atoms with Gasteiger partial charge in [0.25, 0.3) is 0 Å². The minimum Gasteiger partial charge on any atom is -0.0591 e. The summed E-state index contributed by atoms with van der Waals surface area (Å²) < 4.78 is 0. The van der Waals surface area contributed by atoms with Crippen molar-refractivity contribution >= 4 is 0 Å². The molecule has 1 aromatic rings. The first-order chi connectivity index (χ1) is 9.28. The fraction of sp³-hybridized carbons (Fsp3) is 0.684. The quantitative estimate of drug-likeness (QED) is 0.712. The number of aryl methyl sites for hydroxylation is 2. The number of rotatable bonds is 3. The van der Waals surface area contributed by atoms with Crippen molar-refractivity contribution in [2.45, 2.75) is 51.9 Å². The molecule has 0 atom stereocenters. The molecule has 4 bridgehead atoms. The molecule has 0 spiro atoms. The summed E-state index contributed by atoms with van der Waals surface area (Å²) in [6.07, 6.45) is 10.6. The van der Waals surface area contributed by atoms with Crippen LogP contribution in [-0.2, 0) is 6.42 Å². The smallest absolute Gasteiger partial charge is 0.0276 e. The highest BCUT2D eigenvalue weighted by molar-refractivity contribution is 5.21. The second kappa shape index (κ2) is 4.65. The van der Waals surface area contributed by atoms with Crippen LogP contribution in [0.1, 0.15) is 49.7 Å². The molecule has 0 radical (unpaired) electrons. The van der Waals surface area contributed by atoms with Crippen molar-refractivity contribution < 1.29 is 0 Å². The van der Waals surface area contributed by atoms with Gasteiger partial charge < -0.3 is 0 Å². The minimum atomic E-state index is 1.06. The molecule has 4 aliphatic carbocycles.